The van der Waals surface area contributed by atoms with Gasteiger partial charge < -0.3 is 14.8 Å². The molecule has 0 spiro atoms. The lowest BCUT2D eigenvalue weighted by Gasteiger charge is -2.33. The summed E-state index contributed by atoms with van der Waals surface area (Å²) in [5.74, 6) is -0.203. The van der Waals surface area contributed by atoms with E-state index in [2.05, 4.69) is 15.9 Å². The molecule has 1 aromatic rings. The number of carbonyl (C=O) groups is 1. The van der Waals surface area contributed by atoms with E-state index in [1.165, 1.54) is 6.07 Å². The molecule has 9 heteroatoms. The maximum absolute atomic E-state index is 12.1. The normalized spacial score (nSPS) is 17.6. The van der Waals surface area contributed by atoms with Crippen LogP contribution in [-0.2, 0) is 9.53 Å². The Labute approximate surface area is 148 Å². The summed E-state index contributed by atoms with van der Waals surface area (Å²) in [6, 6.07) is 1.23. The van der Waals surface area contributed by atoms with Crippen molar-refractivity contribution in [2.75, 3.05) is 24.6 Å². The second-order valence-corrected chi connectivity index (χ2v) is 6.61. The highest BCUT2D eigenvalue weighted by Gasteiger charge is 2.33. The number of esters is 1. The summed E-state index contributed by atoms with van der Waals surface area (Å²) < 4.78 is 5.72. The Morgan fingerprint density at radius 1 is 1.58 bits per heavy atom. The van der Waals surface area contributed by atoms with Crippen LogP contribution in [0, 0.1) is 28.2 Å². The van der Waals surface area contributed by atoms with E-state index in [0.29, 0.717) is 30.1 Å². The molecule has 0 aromatic carbocycles. The van der Waals surface area contributed by atoms with Gasteiger partial charge in [-0.3, -0.25) is 14.9 Å². The van der Waals surface area contributed by atoms with Crippen LogP contribution in [0.25, 0.3) is 0 Å². The molecule has 0 bridgehead atoms. The Bertz CT molecular complexity index is 652. The molecule has 1 saturated heterocycles. The molecular weight excluding hydrogens is 382 g/mol. The third-order valence-corrected chi connectivity index (χ3v) is 4.68. The first-order chi connectivity index (χ1) is 11.3. The summed E-state index contributed by atoms with van der Waals surface area (Å²) in [5.41, 5.74) is 0.489. The standard InChI is InChI=1S/C15H20BrN3O5/c1-3-24-14(20)7-11-5-4-6-17(9-11)15-10(2)18(21)13(16)8-12(15)19(22)23/h8,11H,3-7,9H2,1-2H3. The number of pyridine rings is 1. The van der Waals surface area contributed by atoms with Crippen LogP contribution in [0.15, 0.2) is 10.7 Å². The molecule has 8 nitrogen and oxygen atoms in total. The van der Waals surface area contributed by atoms with Gasteiger partial charge in [-0.15, -0.1) is 0 Å². The lowest BCUT2D eigenvalue weighted by molar-refractivity contribution is -0.623. The zero-order chi connectivity index (χ0) is 17.9. The van der Waals surface area contributed by atoms with Crippen LogP contribution in [0.3, 0.4) is 0 Å². The molecule has 2 heterocycles. The van der Waals surface area contributed by atoms with Gasteiger partial charge >= 0.3 is 11.7 Å². The number of aromatic nitrogens is 1. The lowest BCUT2D eigenvalue weighted by atomic mass is 9.94. The van der Waals surface area contributed by atoms with Gasteiger partial charge in [0.15, 0.2) is 5.69 Å². The van der Waals surface area contributed by atoms with Crippen molar-refractivity contribution in [2.45, 2.75) is 33.1 Å². The van der Waals surface area contributed by atoms with Crippen LogP contribution in [0.4, 0.5) is 11.4 Å². The van der Waals surface area contributed by atoms with E-state index < -0.39 is 4.92 Å². The summed E-state index contributed by atoms with van der Waals surface area (Å²) in [6.07, 6.45) is 1.94. The van der Waals surface area contributed by atoms with Gasteiger partial charge in [0.05, 0.1) is 24.0 Å². The van der Waals surface area contributed by atoms with E-state index in [1.807, 2.05) is 4.90 Å². The van der Waals surface area contributed by atoms with Crippen molar-refractivity contribution in [3.8, 4) is 0 Å². The van der Waals surface area contributed by atoms with Crippen molar-refractivity contribution in [3.63, 3.8) is 0 Å². The second kappa shape index (κ2) is 7.78. The van der Waals surface area contributed by atoms with Crippen LogP contribution in [0.1, 0.15) is 31.9 Å². The molecule has 2 rings (SSSR count). The summed E-state index contributed by atoms with van der Waals surface area (Å²) in [7, 11) is 0. The zero-order valence-corrected chi connectivity index (χ0v) is 15.2. The molecule has 1 aliphatic heterocycles. The molecule has 1 aliphatic rings. The fourth-order valence-electron chi connectivity index (χ4n) is 3.10. The predicted octanol–water partition coefficient (Wildman–Crippen LogP) is 2.47. The van der Waals surface area contributed by atoms with E-state index in [-0.39, 0.29) is 34.3 Å². The zero-order valence-electron chi connectivity index (χ0n) is 13.7. The van der Waals surface area contributed by atoms with Gasteiger partial charge in [-0.25, -0.2) is 0 Å². The van der Waals surface area contributed by atoms with E-state index in [0.717, 1.165) is 12.8 Å². The predicted molar refractivity (Wildman–Crippen MR) is 90.7 cm³/mol. The van der Waals surface area contributed by atoms with Gasteiger partial charge in [-0.1, -0.05) is 0 Å². The Balaban J connectivity index is 2.29. The number of rotatable bonds is 5. The molecule has 1 unspecified atom stereocenters. The summed E-state index contributed by atoms with van der Waals surface area (Å²) >= 11 is 3.05. The largest absolute Gasteiger partial charge is 0.618 e. The quantitative estimate of drug-likeness (QED) is 0.187. The molecule has 0 aliphatic carbocycles. The van der Waals surface area contributed by atoms with Crippen LogP contribution < -0.4 is 9.63 Å². The first-order valence-electron chi connectivity index (χ1n) is 7.82. The number of hydrogen-bond acceptors (Lipinski definition) is 6. The van der Waals surface area contributed by atoms with Gasteiger partial charge in [0.2, 0.25) is 5.69 Å². The highest BCUT2D eigenvalue weighted by molar-refractivity contribution is 9.10. The maximum atomic E-state index is 12.1. The van der Waals surface area contributed by atoms with Crippen molar-refractivity contribution in [2.24, 2.45) is 5.92 Å². The van der Waals surface area contributed by atoms with Gasteiger partial charge in [0.1, 0.15) is 0 Å². The minimum absolute atomic E-state index is 0.0561. The number of nitrogens with zero attached hydrogens (tertiary/aromatic N) is 3. The summed E-state index contributed by atoms with van der Waals surface area (Å²) in [4.78, 5) is 24.4. The Morgan fingerprint density at radius 3 is 2.92 bits per heavy atom. The van der Waals surface area contributed by atoms with Gasteiger partial charge in [-0.2, -0.15) is 4.73 Å². The van der Waals surface area contributed by atoms with E-state index >= 15 is 0 Å². The number of piperidine rings is 1. The van der Waals surface area contributed by atoms with E-state index in [4.69, 9.17) is 4.74 Å². The van der Waals surface area contributed by atoms with Crippen molar-refractivity contribution in [1.82, 2.24) is 0 Å². The molecule has 0 radical (unpaired) electrons. The maximum Gasteiger partial charge on any atom is 0.306 e. The molecule has 1 atom stereocenters. The number of carbonyl (C=O) groups excluding carboxylic acids is 1. The molecule has 24 heavy (non-hydrogen) atoms. The Morgan fingerprint density at radius 2 is 2.29 bits per heavy atom. The third kappa shape index (κ3) is 3.95. The number of halogens is 1. The first-order valence-corrected chi connectivity index (χ1v) is 8.62. The first kappa shape index (κ1) is 18.4. The number of anilines is 1. The van der Waals surface area contributed by atoms with Crippen LogP contribution in [-0.4, -0.2) is 30.6 Å². The second-order valence-electron chi connectivity index (χ2n) is 5.80. The third-order valence-electron chi connectivity index (χ3n) is 4.13. The van der Waals surface area contributed by atoms with E-state index in [1.54, 1.807) is 13.8 Å². The van der Waals surface area contributed by atoms with Gasteiger partial charge in [-0.05, 0) is 25.7 Å². The smallest absolute Gasteiger partial charge is 0.306 e. The lowest BCUT2D eigenvalue weighted by Crippen LogP contribution is -2.41. The van der Waals surface area contributed by atoms with Crippen molar-refractivity contribution >= 4 is 33.3 Å². The van der Waals surface area contributed by atoms with Crippen LogP contribution in [0.5, 0.6) is 0 Å². The number of hydrogen-bond donors (Lipinski definition) is 0. The highest BCUT2D eigenvalue weighted by Crippen LogP contribution is 2.35. The summed E-state index contributed by atoms with van der Waals surface area (Å²) in [6.45, 7) is 4.76. The number of nitro groups is 1. The minimum atomic E-state index is -0.484. The topological polar surface area (TPSA) is 99.6 Å². The van der Waals surface area contributed by atoms with Crippen molar-refractivity contribution < 1.29 is 19.2 Å². The van der Waals surface area contributed by atoms with Crippen LogP contribution in [0.2, 0.25) is 0 Å². The molecule has 132 valence electrons. The van der Waals surface area contributed by atoms with Gasteiger partial charge in [0, 0.05) is 35.9 Å². The minimum Gasteiger partial charge on any atom is -0.618 e. The summed E-state index contributed by atoms with van der Waals surface area (Å²) in [5, 5.41) is 23.5. The molecule has 0 saturated carbocycles. The highest BCUT2D eigenvalue weighted by atomic mass is 79.9. The van der Waals surface area contributed by atoms with E-state index in [9.17, 15) is 20.1 Å². The fraction of sp³-hybridized carbons (Fsp3) is 0.600. The average molecular weight is 402 g/mol. The van der Waals surface area contributed by atoms with Crippen molar-refractivity contribution in [1.29, 1.82) is 0 Å². The SMILES string of the molecule is CCOC(=O)CC1CCCN(c2c([N+](=O)[O-])cc(Br)[n+]([O-])c2C)C1. The average Bonchev–Trinajstić information content (AvgIpc) is 2.52. The molecule has 1 aromatic heterocycles. The molecule has 0 amide bonds. The Kier molecular flexibility index (Phi) is 5.98. The van der Waals surface area contributed by atoms with Gasteiger partial charge in [0.25, 0.3) is 4.60 Å². The van der Waals surface area contributed by atoms with Crippen LogP contribution >= 0.6 is 15.9 Å². The monoisotopic (exact) mass is 401 g/mol. The molecular formula is C15H20BrN3O5. The Hall–Kier alpha value is -1.90. The molecule has 1 fully saturated rings. The fourth-order valence-corrected chi connectivity index (χ4v) is 3.58. The molecule has 0 N–H and O–H groups in total. The number of ether oxygens (including phenoxy) is 1. The van der Waals surface area contributed by atoms with Crippen molar-refractivity contribution in [3.05, 3.63) is 31.7 Å².